The molecule has 2 N–H and O–H groups in total. The Hall–Kier alpha value is -2.59. The lowest BCUT2D eigenvalue weighted by Crippen LogP contribution is -2.73. The van der Waals surface area contributed by atoms with Crippen molar-refractivity contribution in [1.29, 1.82) is 5.41 Å². The Bertz CT molecular complexity index is 1160. The van der Waals surface area contributed by atoms with E-state index in [1.165, 1.54) is 44.3 Å². The number of hydrogen-bond acceptors (Lipinski definition) is 6. The number of nitrogens with one attached hydrogen (secondary N) is 2. The molecule has 0 spiro atoms. The molecule has 1 aromatic heterocycles. The van der Waals surface area contributed by atoms with E-state index < -0.39 is 37.0 Å². The molecule has 0 saturated carbocycles. The summed E-state index contributed by atoms with van der Waals surface area (Å²) in [5.41, 5.74) is -1.55. The summed E-state index contributed by atoms with van der Waals surface area (Å²) < 4.78 is 65.8. The maximum Gasteiger partial charge on any atom is 0.255 e. The van der Waals surface area contributed by atoms with Crippen molar-refractivity contribution >= 4 is 15.7 Å². The van der Waals surface area contributed by atoms with Crippen LogP contribution in [0.3, 0.4) is 0 Å². The number of ether oxygens (including phenoxy) is 2. The largest absolute Gasteiger partial charge is 0.436 e. The number of benzene rings is 1. The van der Waals surface area contributed by atoms with Gasteiger partial charge in [0.25, 0.3) is 5.88 Å². The van der Waals surface area contributed by atoms with Crippen molar-refractivity contribution in [3.8, 4) is 11.6 Å². The molecule has 0 amide bonds. The van der Waals surface area contributed by atoms with Gasteiger partial charge in [-0.15, -0.1) is 0 Å². The van der Waals surface area contributed by atoms with Gasteiger partial charge in [0, 0.05) is 11.8 Å². The van der Waals surface area contributed by atoms with Gasteiger partial charge in [0.1, 0.15) is 27.7 Å². The van der Waals surface area contributed by atoms with Crippen LogP contribution in [0.2, 0.25) is 0 Å². The van der Waals surface area contributed by atoms with Gasteiger partial charge in [0.2, 0.25) is 0 Å². The minimum atomic E-state index is -3.89. The fourth-order valence-electron chi connectivity index (χ4n) is 4.10. The Morgan fingerprint density at radius 2 is 2.00 bits per heavy atom. The highest BCUT2D eigenvalue weighted by Gasteiger charge is 2.62. The van der Waals surface area contributed by atoms with Crippen LogP contribution in [-0.2, 0) is 20.1 Å². The predicted molar refractivity (Wildman–Crippen MR) is 110 cm³/mol. The summed E-state index contributed by atoms with van der Waals surface area (Å²) in [6.45, 7) is 4.52. The fraction of sp³-hybridized carbons (Fsp3) is 0.429. The molecule has 3 heterocycles. The van der Waals surface area contributed by atoms with Crippen molar-refractivity contribution in [2.45, 2.75) is 48.8 Å². The first-order valence-electron chi connectivity index (χ1n) is 9.80. The molecule has 2 aliphatic heterocycles. The third-order valence-corrected chi connectivity index (χ3v) is 9.06. The molecule has 0 bridgehead atoms. The number of halogens is 2. The number of hydrogen-bond donors (Lipinski definition) is 2. The van der Waals surface area contributed by atoms with E-state index in [2.05, 4.69) is 10.3 Å². The maximum absolute atomic E-state index is 15.1. The van der Waals surface area contributed by atoms with Gasteiger partial charge in [0.15, 0.2) is 15.7 Å². The molecule has 166 valence electrons. The summed E-state index contributed by atoms with van der Waals surface area (Å²) in [6, 6.07) is 6.32. The van der Waals surface area contributed by atoms with Gasteiger partial charge < -0.3 is 14.8 Å². The molecule has 2 saturated heterocycles. The normalized spacial score (nSPS) is 29.0. The van der Waals surface area contributed by atoms with E-state index in [-0.39, 0.29) is 42.2 Å². The Morgan fingerprint density at radius 1 is 1.26 bits per heavy atom. The van der Waals surface area contributed by atoms with E-state index in [1.807, 2.05) is 0 Å². The van der Waals surface area contributed by atoms with Gasteiger partial charge in [-0.1, -0.05) is 0 Å². The quantitative estimate of drug-likeness (QED) is 0.743. The Morgan fingerprint density at radius 3 is 2.71 bits per heavy atom. The molecule has 0 unspecified atom stereocenters. The van der Waals surface area contributed by atoms with E-state index >= 15 is 4.39 Å². The number of amidine groups is 1. The second-order valence-electron chi connectivity index (χ2n) is 8.41. The molecule has 1 aromatic carbocycles. The third-order valence-electron chi connectivity index (χ3n) is 6.08. The monoisotopic (exact) mass is 451 g/mol. The summed E-state index contributed by atoms with van der Waals surface area (Å²) in [5.74, 6) is -1.84. The smallest absolute Gasteiger partial charge is 0.255 e. The number of pyridine rings is 1. The van der Waals surface area contributed by atoms with Gasteiger partial charge in [-0.05, 0) is 57.5 Å². The molecule has 7 nitrogen and oxygen atoms in total. The van der Waals surface area contributed by atoms with Crippen molar-refractivity contribution in [3.05, 3.63) is 53.7 Å². The molecule has 2 aromatic rings. The minimum absolute atomic E-state index is 0.0259. The molecule has 0 aliphatic carbocycles. The summed E-state index contributed by atoms with van der Waals surface area (Å²) in [7, 11) is -3.89. The first kappa shape index (κ1) is 21.6. The SMILES string of the molecule is C[C@H]1C[C@@H]2[C@](c3cc(Oc4ncccc4F)ccc3F)(CO1)NC(=N)C(C)(C)S2(=O)=O. The molecule has 0 radical (unpaired) electrons. The number of nitrogens with zero attached hydrogens (tertiary/aromatic N) is 1. The number of sulfone groups is 1. The van der Waals surface area contributed by atoms with Crippen LogP contribution in [0, 0.1) is 17.0 Å². The van der Waals surface area contributed by atoms with Crippen molar-refractivity contribution in [2.75, 3.05) is 6.61 Å². The second kappa shape index (κ2) is 7.23. The molecule has 2 aliphatic rings. The lowest BCUT2D eigenvalue weighted by Gasteiger charge is -2.53. The Balaban J connectivity index is 1.85. The summed E-state index contributed by atoms with van der Waals surface area (Å²) in [6.07, 6.45) is 1.13. The molecular weight excluding hydrogens is 428 g/mol. The van der Waals surface area contributed by atoms with E-state index in [1.54, 1.807) is 6.92 Å². The van der Waals surface area contributed by atoms with Gasteiger partial charge in [0.05, 0.1) is 18.0 Å². The third kappa shape index (κ3) is 3.28. The van der Waals surface area contributed by atoms with Crippen molar-refractivity contribution in [3.63, 3.8) is 0 Å². The molecule has 4 rings (SSSR count). The standard InChI is InChI=1S/C21H23F2N3O4S/c1-12-9-17-21(11-29-12,26-19(24)20(2,3)31(17,27)28)14-10-13(6-7-15(14)22)30-18-16(23)5-4-8-25-18/h4-8,10,12,17H,9,11H2,1-3H3,(H2,24,26)/t12-,17+,21+/m0/s1. The molecule has 3 atom stereocenters. The first-order chi connectivity index (χ1) is 14.5. The molecule has 10 heteroatoms. The minimum Gasteiger partial charge on any atom is -0.436 e. The highest BCUT2D eigenvalue weighted by atomic mass is 32.2. The average Bonchev–Trinajstić information content (AvgIpc) is 2.71. The highest BCUT2D eigenvalue weighted by Crippen LogP contribution is 2.46. The molecular formula is C21H23F2N3O4S. The summed E-state index contributed by atoms with van der Waals surface area (Å²) in [5, 5.41) is 10.3. The van der Waals surface area contributed by atoms with E-state index in [0.29, 0.717) is 0 Å². The van der Waals surface area contributed by atoms with Crippen LogP contribution in [-0.4, -0.2) is 41.9 Å². The van der Waals surface area contributed by atoms with Crippen LogP contribution < -0.4 is 10.1 Å². The molecule has 31 heavy (non-hydrogen) atoms. The predicted octanol–water partition coefficient (Wildman–Crippen LogP) is 3.30. The number of rotatable bonds is 3. The van der Waals surface area contributed by atoms with E-state index in [0.717, 1.165) is 6.07 Å². The lowest BCUT2D eigenvalue weighted by molar-refractivity contribution is -0.0270. The zero-order valence-electron chi connectivity index (χ0n) is 17.3. The average molecular weight is 451 g/mol. The van der Waals surface area contributed by atoms with Crippen LogP contribution >= 0.6 is 0 Å². The first-order valence-corrected chi connectivity index (χ1v) is 11.3. The van der Waals surface area contributed by atoms with Crippen LogP contribution in [0.5, 0.6) is 11.6 Å². The fourth-order valence-corrected chi connectivity index (χ4v) is 6.46. The number of fused-ring (bicyclic) bond motifs is 1. The number of aromatic nitrogens is 1. The maximum atomic E-state index is 15.1. The Labute approximate surface area is 179 Å². The zero-order valence-corrected chi connectivity index (χ0v) is 18.1. The van der Waals surface area contributed by atoms with Gasteiger partial charge >= 0.3 is 0 Å². The summed E-state index contributed by atoms with van der Waals surface area (Å²) >= 11 is 0. The van der Waals surface area contributed by atoms with E-state index in [4.69, 9.17) is 14.9 Å². The van der Waals surface area contributed by atoms with Gasteiger partial charge in [-0.2, -0.15) is 0 Å². The van der Waals surface area contributed by atoms with Gasteiger partial charge in [-0.25, -0.2) is 22.2 Å². The Kier molecular flexibility index (Phi) is 5.05. The van der Waals surface area contributed by atoms with Crippen LogP contribution in [0.4, 0.5) is 8.78 Å². The molecule has 2 fully saturated rings. The zero-order chi connectivity index (χ0) is 22.6. The van der Waals surface area contributed by atoms with Crippen LogP contribution in [0.15, 0.2) is 36.5 Å². The van der Waals surface area contributed by atoms with Crippen LogP contribution in [0.1, 0.15) is 32.8 Å². The van der Waals surface area contributed by atoms with Gasteiger partial charge in [-0.3, -0.25) is 5.41 Å². The second-order valence-corrected chi connectivity index (χ2v) is 11.1. The van der Waals surface area contributed by atoms with Crippen molar-refractivity contribution in [1.82, 2.24) is 10.3 Å². The highest BCUT2D eigenvalue weighted by molar-refractivity contribution is 7.94. The van der Waals surface area contributed by atoms with Crippen LogP contribution in [0.25, 0.3) is 0 Å². The summed E-state index contributed by atoms with van der Waals surface area (Å²) in [4.78, 5) is 3.82. The topological polar surface area (TPSA) is 101 Å². The van der Waals surface area contributed by atoms with E-state index in [9.17, 15) is 12.8 Å². The van der Waals surface area contributed by atoms with Crippen molar-refractivity contribution in [2.24, 2.45) is 0 Å². The lowest BCUT2D eigenvalue weighted by atomic mass is 9.81. The van der Waals surface area contributed by atoms with Crippen molar-refractivity contribution < 1.29 is 26.7 Å².